The second-order valence-corrected chi connectivity index (χ2v) is 6.79. The van der Waals surface area contributed by atoms with Gasteiger partial charge in [-0.3, -0.25) is 4.99 Å². The minimum absolute atomic E-state index is 0.234. The summed E-state index contributed by atoms with van der Waals surface area (Å²) in [5.74, 6) is 1.05. The summed E-state index contributed by atoms with van der Waals surface area (Å²) in [5.41, 5.74) is 0.401. The van der Waals surface area contributed by atoms with E-state index in [0.29, 0.717) is 5.41 Å². The SMILES string of the molecule is CCNC(=NCC1CN(C)CCO1)N1CCC(C)(C)C1. The molecule has 1 N–H and O–H groups in total. The number of aliphatic imine (C=N–C) groups is 1. The number of morpholine rings is 1. The van der Waals surface area contributed by atoms with E-state index in [4.69, 9.17) is 9.73 Å². The molecule has 2 heterocycles. The summed E-state index contributed by atoms with van der Waals surface area (Å²) in [6.07, 6.45) is 1.47. The molecule has 1 atom stereocenters. The van der Waals surface area contributed by atoms with Crippen LogP contribution < -0.4 is 5.32 Å². The number of hydrogen-bond donors (Lipinski definition) is 1. The largest absolute Gasteiger partial charge is 0.374 e. The highest BCUT2D eigenvalue weighted by Gasteiger charge is 2.31. The van der Waals surface area contributed by atoms with Gasteiger partial charge in [-0.25, -0.2) is 0 Å². The molecule has 1 unspecified atom stereocenters. The maximum absolute atomic E-state index is 5.79. The van der Waals surface area contributed by atoms with Crippen LogP contribution >= 0.6 is 0 Å². The Balaban J connectivity index is 1.92. The first-order valence-corrected chi connectivity index (χ1v) is 7.83. The van der Waals surface area contributed by atoms with Crippen LogP contribution in [0.5, 0.6) is 0 Å². The van der Waals surface area contributed by atoms with Crippen molar-refractivity contribution >= 4 is 5.96 Å². The van der Waals surface area contributed by atoms with Crippen molar-refractivity contribution in [2.45, 2.75) is 33.3 Å². The van der Waals surface area contributed by atoms with Gasteiger partial charge in [0.25, 0.3) is 0 Å². The first kappa shape index (κ1) is 15.6. The Morgan fingerprint density at radius 2 is 2.20 bits per heavy atom. The predicted molar refractivity (Wildman–Crippen MR) is 83.2 cm³/mol. The summed E-state index contributed by atoms with van der Waals surface area (Å²) in [6.45, 7) is 13.5. The lowest BCUT2D eigenvalue weighted by molar-refractivity contribution is -0.0137. The molecular formula is C15H30N4O. The van der Waals surface area contributed by atoms with Gasteiger partial charge in [-0.15, -0.1) is 0 Å². The van der Waals surface area contributed by atoms with Crippen LogP contribution in [0.4, 0.5) is 0 Å². The molecule has 0 aromatic rings. The van der Waals surface area contributed by atoms with Crippen molar-refractivity contribution in [3.8, 4) is 0 Å². The molecule has 0 saturated carbocycles. The number of rotatable bonds is 3. The quantitative estimate of drug-likeness (QED) is 0.620. The van der Waals surface area contributed by atoms with Crippen LogP contribution in [0.25, 0.3) is 0 Å². The Morgan fingerprint density at radius 1 is 1.40 bits per heavy atom. The average molecular weight is 282 g/mol. The van der Waals surface area contributed by atoms with Gasteiger partial charge in [0.05, 0.1) is 19.3 Å². The third-order valence-electron chi connectivity index (χ3n) is 4.10. The van der Waals surface area contributed by atoms with E-state index in [1.54, 1.807) is 0 Å². The summed E-state index contributed by atoms with van der Waals surface area (Å²) in [7, 11) is 2.15. The van der Waals surface area contributed by atoms with Crippen molar-refractivity contribution in [2.75, 3.05) is 52.9 Å². The van der Waals surface area contributed by atoms with E-state index in [1.165, 1.54) is 6.42 Å². The molecule has 2 rings (SSSR count). The molecule has 5 heteroatoms. The van der Waals surface area contributed by atoms with Crippen molar-refractivity contribution in [3.63, 3.8) is 0 Å². The standard InChI is InChI=1S/C15H30N4O/c1-5-16-14(19-7-6-15(2,3)12-19)17-10-13-11-18(4)8-9-20-13/h13H,5-12H2,1-4H3,(H,16,17). The van der Waals surface area contributed by atoms with Crippen LogP contribution in [0.3, 0.4) is 0 Å². The Labute approximate surface area is 123 Å². The summed E-state index contributed by atoms with van der Waals surface area (Å²) < 4.78 is 5.79. The van der Waals surface area contributed by atoms with Crippen molar-refractivity contribution in [2.24, 2.45) is 10.4 Å². The van der Waals surface area contributed by atoms with E-state index in [0.717, 1.165) is 51.8 Å². The predicted octanol–water partition coefficient (Wildman–Crippen LogP) is 1.01. The second kappa shape index (κ2) is 6.76. The highest BCUT2D eigenvalue weighted by Crippen LogP contribution is 2.28. The monoisotopic (exact) mass is 282 g/mol. The maximum Gasteiger partial charge on any atom is 0.194 e. The molecule has 0 aliphatic carbocycles. The smallest absolute Gasteiger partial charge is 0.194 e. The van der Waals surface area contributed by atoms with Crippen molar-refractivity contribution in [1.82, 2.24) is 15.1 Å². The van der Waals surface area contributed by atoms with Gasteiger partial charge in [-0.2, -0.15) is 0 Å². The van der Waals surface area contributed by atoms with Crippen LogP contribution in [0.2, 0.25) is 0 Å². The zero-order valence-corrected chi connectivity index (χ0v) is 13.5. The minimum atomic E-state index is 0.234. The Kier molecular flexibility index (Phi) is 5.27. The fraction of sp³-hybridized carbons (Fsp3) is 0.933. The summed E-state index contributed by atoms with van der Waals surface area (Å²) in [4.78, 5) is 9.50. The normalized spacial score (nSPS) is 27.9. The van der Waals surface area contributed by atoms with Gasteiger partial charge in [0.15, 0.2) is 5.96 Å². The maximum atomic E-state index is 5.79. The van der Waals surface area contributed by atoms with E-state index >= 15 is 0 Å². The van der Waals surface area contributed by atoms with Crippen LogP contribution in [-0.2, 0) is 4.74 Å². The molecule has 116 valence electrons. The van der Waals surface area contributed by atoms with Gasteiger partial charge in [0, 0.05) is 32.7 Å². The molecule has 2 fully saturated rings. The highest BCUT2D eigenvalue weighted by molar-refractivity contribution is 5.80. The molecule has 5 nitrogen and oxygen atoms in total. The molecule has 20 heavy (non-hydrogen) atoms. The summed E-state index contributed by atoms with van der Waals surface area (Å²) >= 11 is 0. The number of likely N-dealkylation sites (N-methyl/N-ethyl adjacent to an activating group) is 1. The zero-order chi connectivity index (χ0) is 14.6. The number of nitrogens with zero attached hydrogens (tertiary/aromatic N) is 3. The van der Waals surface area contributed by atoms with E-state index in [1.807, 2.05) is 0 Å². The third kappa shape index (κ3) is 4.35. The van der Waals surface area contributed by atoms with Crippen molar-refractivity contribution in [3.05, 3.63) is 0 Å². The first-order valence-electron chi connectivity index (χ1n) is 7.83. The summed E-state index contributed by atoms with van der Waals surface area (Å²) in [6, 6.07) is 0. The number of nitrogens with one attached hydrogen (secondary N) is 1. The van der Waals surface area contributed by atoms with Crippen LogP contribution in [0.1, 0.15) is 27.2 Å². The molecule has 0 bridgehead atoms. The van der Waals surface area contributed by atoms with Gasteiger partial charge < -0.3 is 19.9 Å². The van der Waals surface area contributed by atoms with Crippen molar-refractivity contribution < 1.29 is 4.74 Å². The molecule has 0 radical (unpaired) electrons. The lowest BCUT2D eigenvalue weighted by Crippen LogP contribution is -2.44. The van der Waals surface area contributed by atoms with Gasteiger partial charge >= 0.3 is 0 Å². The number of hydrogen-bond acceptors (Lipinski definition) is 3. The highest BCUT2D eigenvalue weighted by atomic mass is 16.5. The fourth-order valence-corrected chi connectivity index (χ4v) is 2.88. The van der Waals surface area contributed by atoms with E-state index < -0.39 is 0 Å². The van der Waals surface area contributed by atoms with Gasteiger partial charge in [0.1, 0.15) is 0 Å². The molecular weight excluding hydrogens is 252 g/mol. The molecule has 0 spiro atoms. The molecule has 2 aliphatic heterocycles. The summed E-state index contributed by atoms with van der Waals surface area (Å²) in [5, 5.41) is 3.42. The van der Waals surface area contributed by atoms with E-state index in [-0.39, 0.29) is 6.10 Å². The third-order valence-corrected chi connectivity index (χ3v) is 4.10. The average Bonchev–Trinajstić information content (AvgIpc) is 2.75. The molecule has 0 aromatic carbocycles. The van der Waals surface area contributed by atoms with Crippen molar-refractivity contribution in [1.29, 1.82) is 0 Å². The zero-order valence-electron chi connectivity index (χ0n) is 13.5. The Hall–Kier alpha value is -0.810. The molecule has 2 aliphatic rings. The number of likely N-dealkylation sites (tertiary alicyclic amines) is 1. The van der Waals surface area contributed by atoms with Crippen LogP contribution in [0, 0.1) is 5.41 Å². The number of guanidine groups is 1. The second-order valence-electron chi connectivity index (χ2n) is 6.79. The topological polar surface area (TPSA) is 40.1 Å². The Morgan fingerprint density at radius 3 is 2.80 bits per heavy atom. The fourth-order valence-electron chi connectivity index (χ4n) is 2.88. The van der Waals surface area contributed by atoms with E-state index in [2.05, 4.69) is 42.9 Å². The number of ether oxygens (including phenoxy) is 1. The first-order chi connectivity index (χ1) is 9.50. The lowest BCUT2D eigenvalue weighted by Gasteiger charge is -2.30. The van der Waals surface area contributed by atoms with Crippen LogP contribution in [0.15, 0.2) is 4.99 Å². The Bertz CT molecular complexity index is 343. The molecule has 2 saturated heterocycles. The molecule has 0 amide bonds. The van der Waals surface area contributed by atoms with E-state index in [9.17, 15) is 0 Å². The minimum Gasteiger partial charge on any atom is -0.374 e. The molecule has 0 aromatic heterocycles. The van der Waals surface area contributed by atoms with Crippen LogP contribution in [-0.4, -0.2) is 74.8 Å². The lowest BCUT2D eigenvalue weighted by atomic mass is 9.93. The van der Waals surface area contributed by atoms with Gasteiger partial charge in [-0.1, -0.05) is 13.8 Å². The van der Waals surface area contributed by atoms with Gasteiger partial charge in [0.2, 0.25) is 0 Å². The van der Waals surface area contributed by atoms with Gasteiger partial charge in [-0.05, 0) is 25.8 Å².